The summed E-state index contributed by atoms with van der Waals surface area (Å²) in [6, 6.07) is 28.7. The van der Waals surface area contributed by atoms with E-state index in [1.54, 1.807) is 6.26 Å². The lowest BCUT2D eigenvalue weighted by atomic mass is 9.88. The molecule has 0 unspecified atom stereocenters. The first-order chi connectivity index (χ1) is 18.6. The Labute approximate surface area is 221 Å². The Balaban J connectivity index is 1.59. The van der Waals surface area contributed by atoms with Gasteiger partial charge in [-0.1, -0.05) is 69.3 Å². The lowest BCUT2D eigenvalue weighted by Gasteiger charge is -2.18. The van der Waals surface area contributed by atoms with Crippen LogP contribution in [0.5, 0.6) is 0 Å². The zero-order valence-electron chi connectivity index (χ0n) is 24.0. The van der Waals surface area contributed by atoms with Crippen molar-refractivity contribution in [3.63, 3.8) is 0 Å². The van der Waals surface area contributed by atoms with Crippen molar-refractivity contribution in [1.82, 2.24) is 9.55 Å². The van der Waals surface area contributed by atoms with E-state index in [4.69, 9.17) is 12.1 Å². The average molecular weight is 487 g/mol. The largest absolute Gasteiger partial charge is 0.464 e. The van der Waals surface area contributed by atoms with Gasteiger partial charge in [0.2, 0.25) is 0 Å². The van der Waals surface area contributed by atoms with Gasteiger partial charge >= 0.3 is 0 Å². The van der Waals surface area contributed by atoms with Gasteiger partial charge in [-0.3, -0.25) is 4.57 Å². The van der Waals surface area contributed by atoms with Crippen molar-refractivity contribution in [2.75, 3.05) is 0 Å². The van der Waals surface area contributed by atoms with E-state index in [-0.39, 0.29) is 0 Å². The third-order valence-electron chi connectivity index (χ3n) is 6.73. The summed E-state index contributed by atoms with van der Waals surface area (Å²) in [7, 11) is 0. The van der Waals surface area contributed by atoms with Gasteiger partial charge in [-0.25, -0.2) is 4.98 Å². The SMILES string of the molecule is [2H]C([2H])(c1ccc2occ(-c3nc4ccccc4n3-c3cc(C)c(-c4ccccc4)c(C)c3)c2c1)C(C)(C)C. The van der Waals surface area contributed by atoms with Gasteiger partial charge in [0.05, 0.1) is 16.6 Å². The van der Waals surface area contributed by atoms with Gasteiger partial charge in [-0.15, -0.1) is 0 Å². The summed E-state index contributed by atoms with van der Waals surface area (Å²) >= 11 is 0. The summed E-state index contributed by atoms with van der Waals surface area (Å²) in [6.45, 7) is 10.1. The molecule has 0 spiro atoms. The van der Waals surface area contributed by atoms with Crippen LogP contribution in [0.2, 0.25) is 0 Å². The Morgan fingerprint density at radius 3 is 2.30 bits per heavy atom. The van der Waals surface area contributed by atoms with E-state index in [0.717, 1.165) is 33.5 Å². The molecule has 6 rings (SSSR count). The minimum Gasteiger partial charge on any atom is -0.464 e. The van der Waals surface area contributed by atoms with Gasteiger partial charge in [-0.05, 0) is 89.9 Å². The van der Waals surface area contributed by atoms with Gasteiger partial charge in [0.15, 0.2) is 0 Å². The molecule has 0 radical (unpaired) electrons. The Morgan fingerprint density at radius 1 is 0.865 bits per heavy atom. The van der Waals surface area contributed by atoms with Crippen LogP contribution in [0.15, 0.2) is 95.6 Å². The minimum absolute atomic E-state index is 0.562. The molecule has 184 valence electrons. The molecule has 2 aromatic heterocycles. The number of hydrogen-bond acceptors (Lipinski definition) is 2. The topological polar surface area (TPSA) is 31.0 Å². The Kier molecular flexibility index (Phi) is 4.98. The lowest BCUT2D eigenvalue weighted by Crippen LogP contribution is -2.08. The highest BCUT2D eigenvalue weighted by molar-refractivity contribution is 5.95. The Morgan fingerprint density at radius 2 is 1.57 bits per heavy atom. The van der Waals surface area contributed by atoms with Crippen molar-refractivity contribution in [1.29, 1.82) is 0 Å². The molecule has 0 saturated heterocycles. The van der Waals surface area contributed by atoms with Crippen molar-refractivity contribution in [3.8, 4) is 28.2 Å². The molecular weight excluding hydrogens is 452 g/mol. The molecule has 4 aromatic carbocycles. The normalized spacial score (nSPS) is 13.2. The predicted octanol–water partition coefficient (Wildman–Crippen LogP) is 9.31. The number of para-hydroxylation sites is 2. The van der Waals surface area contributed by atoms with Crippen LogP contribution < -0.4 is 0 Å². The zero-order chi connectivity index (χ0) is 27.5. The van der Waals surface area contributed by atoms with Crippen LogP contribution in [0.25, 0.3) is 50.2 Å². The van der Waals surface area contributed by atoms with E-state index in [0.29, 0.717) is 11.1 Å². The molecule has 0 atom stereocenters. The molecule has 37 heavy (non-hydrogen) atoms. The fourth-order valence-electron chi connectivity index (χ4n) is 5.31. The quantitative estimate of drug-likeness (QED) is 0.248. The van der Waals surface area contributed by atoms with Crippen LogP contribution in [0, 0.1) is 19.3 Å². The molecule has 0 N–H and O–H groups in total. The molecule has 0 aliphatic carbocycles. The van der Waals surface area contributed by atoms with Gasteiger partial charge in [0, 0.05) is 13.8 Å². The highest BCUT2D eigenvalue weighted by atomic mass is 16.3. The third kappa shape index (κ3) is 4.25. The minimum atomic E-state index is -1.52. The summed E-state index contributed by atoms with van der Waals surface area (Å²) in [5.74, 6) is 0.773. The fraction of sp³-hybridized carbons (Fsp3) is 0.206. The maximum absolute atomic E-state index is 8.84. The van der Waals surface area contributed by atoms with E-state index >= 15 is 0 Å². The first-order valence-corrected chi connectivity index (χ1v) is 12.7. The number of aryl methyl sites for hydroxylation is 2. The zero-order valence-corrected chi connectivity index (χ0v) is 22.0. The van der Waals surface area contributed by atoms with Crippen molar-refractivity contribution in [2.45, 2.75) is 41.0 Å². The maximum atomic E-state index is 8.84. The molecule has 0 amide bonds. The predicted molar refractivity (Wildman–Crippen MR) is 154 cm³/mol. The molecule has 0 bridgehead atoms. The number of hydrogen-bond donors (Lipinski definition) is 0. The summed E-state index contributed by atoms with van der Waals surface area (Å²) in [6.07, 6.45) is 0.230. The lowest BCUT2D eigenvalue weighted by molar-refractivity contribution is 0.411. The van der Waals surface area contributed by atoms with Crippen molar-refractivity contribution >= 4 is 22.0 Å². The average Bonchev–Trinajstić information content (AvgIpc) is 3.49. The first-order valence-electron chi connectivity index (χ1n) is 13.7. The van der Waals surface area contributed by atoms with E-state index in [9.17, 15) is 0 Å². The van der Waals surface area contributed by atoms with Crippen molar-refractivity contribution in [3.05, 3.63) is 108 Å². The number of fused-ring (bicyclic) bond motifs is 2. The monoisotopic (exact) mass is 486 g/mol. The Bertz CT molecular complexity index is 1820. The first kappa shape index (κ1) is 21.0. The summed E-state index contributed by atoms with van der Waals surface area (Å²) in [5.41, 5.74) is 9.39. The van der Waals surface area contributed by atoms with Crippen LogP contribution in [-0.2, 0) is 6.37 Å². The van der Waals surface area contributed by atoms with Gasteiger partial charge in [0.25, 0.3) is 0 Å². The number of rotatable bonds is 4. The fourth-order valence-corrected chi connectivity index (χ4v) is 5.31. The molecule has 3 heteroatoms. The smallest absolute Gasteiger partial charge is 0.149 e. The van der Waals surface area contributed by atoms with E-state index in [1.165, 1.54) is 22.3 Å². The number of imidazole rings is 1. The molecule has 0 aliphatic rings. The molecule has 0 aliphatic heterocycles. The standard InChI is InChI=1S/C34H32N2O/c1-22-17-26(18-23(2)32(22)25-11-7-6-8-12-25)36-30-14-10-9-13-29(30)35-33(36)28-21-37-31-16-15-24(19-27(28)31)20-34(3,4)5/h6-19,21H,20H2,1-5H3/i20D2. The molecule has 2 heterocycles. The second-order valence-corrected chi connectivity index (χ2v) is 10.8. The number of nitrogens with zero attached hydrogens (tertiary/aromatic N) is 2. The van der Waals surface area contributed by atoms with Gasteiger partial charge in [0.1, 0.15) is 17.7 Å². The molecular formula is C34H32N2O. The molecule has 0 fully saturated rings. The van der Waals surface area contributed by atoms with Crippen LogP contribution >= 0.6 is 0 Å². The van der Waals surface area contributed by atoms with Crippen molar-refractivity contribution < 1.29 is 7.16 Å². The van der Waals surface area contributed by atoms with E-state index in [1.807, 2.05) is 63.2 Å². The summed E-state index contributed by atoms with van der Waals surface area (Å²) in [4.78, 5) is 5.07. The van der Waals surface area contributed by atoms with Crippen molar-refractivity contribution in [2.24, 2.45) is 5.41 Å². The van der Waals surface area contributed by atoms with E-state index in [2.05, 4.69) is 60.9 Å². The Hall–Kier alpha value is -4.11. The summed E-state index contributed by atoms with van der Waals surface area (Å²) < 4.78 is 25.9. The maximum Gasteiger partial charge on any atom is 0.149 e. The highest BCUT2D eigenvalue weighted by Crippen LogP contribution is 2.37. The van der Waals surface area contributed by atoms with E-state index < -0.39 is 11.8 Å². The van der Waals surface area contributed by atoms with Gasteiger partial charge in [-0.2, -0.15) is 0 Å². The summed E-state index contributed by atoms with van der Waals surface area (Å²) in [5, 5.41) is 0.853. The number of aromatic nitrogens is 2. The molecule has 6 aromatic rings. The van der Waals surface area contributed by atoms with Crippen LogP contribution in [0.3, 0.4) is 0 Å². The van der Waals surface area contributed by atoms with Gasteiger partial charge < -0.3 is 4.42 Å². The molecule has 3 nitrogen and oxygen atoms in total. The van der Waals surface area contributed by atoms with Crippen LogP contribution in [-0.4, -0.2) is 9.55 Å². The van der Waals surface area contributed by atoms with Crippen LogP contribution in [0.1, 0.15) is 40.2 Å². The third-order valence-corrected chi connectivity index (χ3v) is 6.73. The highest BCUT2D eigenvalue weighted by Gasteiger charge is 2.21. The molecule has 0 saturated carbocycles. The second kappa shape index (κ2) is 8.77. The number of benzene rings is 4. The number of furan rings is 1. The van der Waals surface area contributed by atoms with Crippen LogP contribution in [0.4, 0.5) is 0 Å². The second-order valence-electron chi connectivity index (χ2n) is 10.8.